The Morgan fingerprint density at radius 1 is 1.50 bits per heavy atom. The Kier molecular flexibility index (Phi) is 3.00. The Morgan fingerprint density at radius 2 is 2.12 bits per heavy atom. The second-order valence-electron chi connectivity index (χ2n) is 3.92. The van der Waals surface area contributed by atoms with Crippen molar-refractivity contribution in [1.29, 1.82) is 0 Å². The van der Waals surface area contributed by atoms with Crippen LogP contribution in [-0.4, -0.2) is 31.2 Å². The lowest BCUT2D eigenvalue weighted by Crippen LogP contribution is -2.20. The summed E-state index contributed by atoms with van der Waals surface area (Å²) in [5, 5.41) is 4.98. The summed E-state index contributed by atoms with van der Waals surface area (Å²) in [6.07, 6.45) is 3.27. The van der Waals surface area contributed by atoms with Crippen molar-refractivity contribution in [3.63, 3.8) is 0 Å². The van der Waals surface area contributed by atoms with Gasteiger partial charge in [0.05, 0.1) is 0 Å². The van der Waals surface area contributed by atoms with Gasteiger partial charge in [-0.2, -0.15) is 0 Å². The van der Waals surface area contributed by atoms with Gasteiger partial charge in [-0.15, -0.1) is 0 Å². The van der Waals surface area contributed by atoms with E-state index in [1.807, 2.05) is 4.57 Å². The van der Waals surface area contributed by atoms with Crippen LogP contribution in [0.25, 0.3) is 0 Å². The SMILES string of the molecule is Cc1nc(S(N)(=O)=O)cn1C1CCOCC1. The number of imidazole rings is 1. The molecule has 0 radical (unpaired) electrons. The Labute approximate surface area is 94.5 Å². The molecule has 2 N–H and O–H groups in total. The van der Waals surface area contributed by atoms with Crippen LogP contribution >= 0.6 is 0 Å². The van der Waals surface area contributed by atoms with Gasteiger partial charge in [-0.3, -0.25) is 0 Å². The summed E-state index contributed by atoms with van der Waals surface area (Å²) in [6, 6.07) is 0.261. The van der Waals surface area contributed by atoms with E-state index < -0.39 is 10.0 Å². The van der Waals surface area contributed by atoms with Gasteiger partial charge < -0.3 is 9.30 Å². The number of nitrogens with two attached hydrogens (primary N) is 1. The summed E-state index contributed by atoms with van der Waals surface area (Å²) in [5.74, 6) is 0.677. The predicted molar refractivity (Wildman–Crippen MR) is 57.4 cm³/mol. The van der Waals surface area contributed by atoms with E-state index in [0.717, 1.165) is 12.8 Å². The Bertz CT molecular complexity index is 474. The van der Waals surface area contributed by atoms with E-state index in [4.69, 9.17) is 9.88 Å². The maximum atomic E-state index is 11.2. The molecular weight excluding hydrogens is 230 g/mol. The molecule has 16 heavy (non-hydrogen) atoms. The van der Waals surface area contributed by atoms with Crippen LogP contribution < -0.4 is 5.14 Å². The van der Waals surface area contributed by atoms with Crippen molar-refractivity contribution in [3.05, 3.63) is 12.0 Å². The van der Waals surface area contributed by atoms with Crippen molar-refractivity contribution in [1.82, 2.24) is 9.55 Å². The van der Waals surface area contributed by atoms with E-state index in [0.29, 0.717) is 19.0 Å². The van der Waals surface area contributed by atoms with Crippen LogP contribution in [-0.2, 0) is 14.8 Å². The fourth-order valence-corrected chi connectivity index (χ4v) is 2.45. The normalized spacial score (nSPS) is 18.9. The molecule has 7 heteroatoms. The first-order chi connectivity index (χ1) is 7.48. The Hall–Kier alpha value is -0.920. The van der Waals surface area contributed by atoms with Gasteiger partial charge >= 0.3 is 0 Å². The topological polar surface area (TPSA) is 87.2 Å². The third kappa shape index (κ3) is 2.26. The van der Waals surface area contributed by atoms with Gasteiger partial charge in [0, 0.05) is 25.5 Å². The van der Waals surface area contributed by atoms with E-state index >= 15 is 0 Å². The lowest BCUT2D eigenvalue weighted by Gasteiger charge is -2.24. The number of hydrogen-bond acceptors (Lipinski definition) is 4. The first kappa shape index (κ1) is 11.6. The number of hydrogen-bond donors (Lipinski definition) is 1. The van der Waals surface area contributed by atoms with Gasteiger partial charge in [0.2, 0.25) is 0 Å². The summed E-state index contributed by atoms with van der Waals surface area (Å²) in [5.41, 5.74) is 0. The minimum absolute atomic E-state index is 0.0588. The Morgan fingerprint density at radius 3 is 2.62 bits per heavy atom. The fraction of sp³-hybridized carbons (Fsp3) is 0.667. The molecule has 1 aliphatic heterocycles. The number of ether oxygens (including phenoxy) is 1. The molecule has 0 unspecified atom stereocenters. The molecule has 0 spiro atoms. The minimum Gasteiger partial charge on any atom is -0.381 e. The molecule has 1 saturated heterocycles. The zero-order chi connectivity index (χ0) is 11.8. The number of sulfonamides is 1. The van der Waals surface area contributed by atoms with Gasteiger partial charge in [-0.25, -0.2) is 18.5 Å². The molecule has 1 aromatic heterocycles. The van der Waals surface area contributed by atoms with Crippen molar-refractivity contribution >= 4 is 10.0 Å². The van der Waals surface area contributed by atoms with E-state index in [-0.39, 0.29) is 11.1 Å². The van der Waals surface area contributed by atoms with Crippen LogP contribution in [0.2, 0.25) is 0 Å². The third-order valence-electron chi connectivity index (χ3n) is 2.77. The summed E-state index contributed by atoms with van der Waals surface area (Å²) < 4.78 is 29.5. The first-order valence-corrected chi connectivity index (χ1v) is 6.69. The highest BCUT2D eigenvalue weighted by Crippen LogP contribution is 2.23. The molecule has 2 rings (SSSR count). The summed E-state index contributed by atoms with van der Waals surface area (Å²) in [4.78, 5) is 3.97. The average molecular weight is 245 g/mol. The van der Waals surface area contributed by atoms with Gasteiger partial charge in [0.15, 0.2) is 5.03 Å². The van der Waals surface area contributed by atoms with Gasteiger partial charge in [-0.1, -0.05) is 0 Å². The molecule has 6 nitrogen and oxygen atoms in total. The van der Waals surface area contributed by atoms with E-state index in [9.17, 15) is 8.42 Å². The van der Waals surface area contributed by atoms with Crippen molar-refractivity contribution in [2.24, 2.45) is 5.14 Å². The summed E-state index contributed by atoms with van der Waals surface area (Å²) >= 11 is 0. The molecule has 0 aromatic carbocycles. The van der Waals surface area contributed by atoms with E-state index in [1.165, 1.54) is 6.20 Å². The van der Waals surface area contributed by atoms with Crippen molar-refractivity contribution in [2.45, 2.75) is 30.8 Å². The van der Waals surface area contributed by atoms with Crippen molar-refractivity contribution in [2.75, 3.05) is 13.2 Å². The molecule has 1 fully saturated rings. The Balaban J connectivity index is 2.31. The largest absolute Gasteiger partial charge is 0.381 e. The number of aromatic nitrogens is 2. The number of primary sulfonamides is 1. The molecule has 1 aromatic rings. The maximum absolute atomic E-state index is 11.2. The molecule has 0 atom stereocenters. The fourth-order valence-electron chi connectivity index (χ4n) is 1.93. The first-order valence-electron chi connectivity index (χ1n) is 5.14. The van der Waals surface area contributed by atoms with Crippen LogP contribution in [0.15, 0.2) is 11.2 Å². The highest BCUT2D eigenvalue weighted by Gasteiger charge is 2.21. The lowest BCUT2D eigenvalue weighted by molar-refractivity contribution is 0.0690. The molecule has 0 bridgehead atoms. The smallest absolute Gasteiger partial charge is 0.257 e. The molecule has 1 aliphatic rings. The summed E-state index contributed by atoms with van der Waals surface area (Å²) in [7, 11) is -3.71. The van der Waals surface area contributed by atoms with Crippen molar-refractivity contribution in [3.8, 4) is 0 Å². The maximum Gasteiger partial charge on any atom is 0.257 e. The molecule has 0 saturated carbocycles. The average Bonchev–Trinajstić information content (AvgIpc) is 2.61. The van der Waals surface area contributed by atoms with E-state index in [1.54, 1.807) is 6.92 Å². The predicted octanol–water partition coefficient (Wildman–Crippen LogP) is 0.190. The van der Waals surface area contributed by atoms with Crippen LogP contribution in [0, 0.1) is 6.92 Å². The van der Waals surface area contributed by atoms with Gasteiger partial charge in [-0.05, 0) is 19.8 Å². The quantitative estimate of drug-likeness (QED) is 0.805. The van der Waals surface area contributed by atoms with Crippen LogP contribution in [0.5, 0.6) is 0 Å². The zero-order valence-corrected chi connectivity index (χ0v) is 9.90. The third-order valence-corrected chi connectivity index (χ3v) is 3.55. The second-order valence-corrected chi connectivity index (χ2v) is 5.43. The molecule has 2 heterocycles. The number of rotatable bonds is 2. The van der Waals surface area contributed by atoms with Crippen molar-refractivity contribution < 1.29 is 13.2 Å². The molecule has 0 aliphatic carbocycles. The minimum atomic E-state index is -3.71. The molecule has 0 amide bonds. The standard InChI is InChI=1S/C9H15N3O3S/c1-7-11-9(16(10,13)14)6-12(7)8-2-4-15-5-3-8/h6,8H,2-5H2,1H3,(H2,10,13,14). The highest BCUT2D eigenvalue weighted by molar-refractivity contribution is 7.89. The number of nitrogens with zero attached hydrogens (tertiary/aromatic N) is 2. The summed E-state index contributed by atoms with van der Waals surface area (Å²) in [6.45, 7) is 3.18. The van der Waals surface area contributed by atoms with Gasteiger partial charge in [0.25, 0.3) is 10.0 Å². The lowest BCUT2D eigenvalue weighted by atomic mass is 10.1. The second kappa shape index (κ2) is 4.15. The van der Waals surface area contributed by atoms with Gasteiger partial charge in [0.1, 0.15) is 5.82 Å². The van der Waals surface area contributed by atoms with Crippen LogP contribution in [0.1, 0.15) is 24.7 Å². The zero-order valence-electron chi connectivity index (χ0n) is 9.09. The van der Waals surface area contributed by atoms with Crippen LogP contribution in [0.3, 0.4) is 0 Å². The molecular formula is C9H15N3O3S. The number of aryl methyl sites for hydroxylation is 1. The highest BCUT2D eigenvalue weighted by atomic mass is 32.2. The van der Waals surface area contributed by atoms with E-state index in [2.05, 4.69) is 4.98 Å². The van der Waals surface area contributed by atoms with Crippen LogP contribution in [0.4, 0.5) is 0 Å². The monoisotopic (exact) mass is 245 g/mol. The molecule has 90 valence electrons.